The van der Waals surface area contributed by atoms with Gasteiger partial charge >= 0.3 is 0 Å². The van der Waals surface area contributed by atoms with E-state index >= 15 is 0 Å². The summed E-state index contributed by atoms with van der Waals surface area (Å²) in [6, 6.07) is 3.78. The zero-order valence-corrected chi connectivity index (χ0v) is 13.4. The van der Waals surface area contributed by atoms with Crippen LogP contribution in [0.15, 0.2) is 30.6 Å². The molecule has 1 aromatic heterocycles. The van der Waals surface area contributed by atoms with Crippen LogP contribution in [0.1, 0.15) is 10.4 Å². The van der Waals surface area contributed by atoms with Crippen molar-refractivity contribution in [1.82, 2.24) is 10.3 Å². The van der Waals surface area contributed by atoms with Crippen LogP contribution in [0, 0.1) is 5.82 Å². The van der Waals surface area contributed by atoms with E-state index in [4.69, 9.17) is 34.8 Å². The number of benzene rings is 1. The van der Waals surface area contributed by atoms with Crippen molar-refractivity contribution in [3.63, 3.8) is 0 Å². The summed E-state index contributed by atoms with van der Waals surface area (Å²) in [6.07, 6.45) is 2.93. The summed E-state index contributed by atoms with van der Waals surface area (Å²) in [4.78, 5) is 15.7. The Bertz CT molecular complexity index is 677. The van der Waals surface area contributed by atoms with E-state index in [1.54, 1.807) is 0 Å². The Labute approximate surface area is 141 Å². The first-order valence-electron chi connectivity index (χ1n) is 6.25. The maximum absolute atomic E-state index is 13.0. The van der Waals surface area contributed by atoms with Gasteiger partial charge in [0.25, 0.3) is 5.91 Å². The maximum Gasteiger partial charge on any atom is 0.251 e. The normalized spacial score (nSPS) is 10.4. The highest BCUT2D eigenvalue weighted by molar-refractivity contribution is 6.38. The number of nitrogens with zero attached hydrogens (tertiary/aromatic N) is 1. The van der Waals surface area contributed by atoms with Gasteiger partial charge in [-0.2, -0.15) is 0 Å². The van der Waals surface area contributed by atoms with Gasteiger partial charge in [-0.15, -0.1) is 0 Å². The first kappa shape index (κ1) is 16.8. The summed E-state index contributed by atoms with van der Waals surface area (Å²) in [5.41, 5.74) is 0.837. The van der Waals surface area contributed by atoms with Gasteiger partial charge < -0.3 is 10.6 Å². The van der Waals surface area contributed by atoms with Crippen molar-refractivity contribution in [2.24, 2.45) is 0 Å². The number of rotatable bonds is 5. The summed E-state index contributed by atoms with van der Waals surface area (Å²) in [5, 5.41) is 6.36. The summed E-state index contributed by atoms with van der Waals surface area (Å²) in [7, 11) is 0. The van der Waals surface area contributed by atoms with Crippen molar-refractivity contribution in [1.29, 1.82) is 0 Å². The van der Waals surface area contributed by atoms with Crippen LogP contribution < -0.4 is 10.6 Å². The highest BCUT2D eigenvalue weighted by Crippen LogP contribution is 2.28. The molecule has 0 aliphatic heterocycles. The van der Waals surface area contributed by atoms with E-state index in [1.165, 1.54) is 24.5 Å². The summed E-state index contributed by atoms with van der Waals surface area (Å²) in [5.74, 6) is -0.919. The van der Waals surface area contributed by atoms with Crippen molar-refractivity contribution in [2.45, 2.75) is 0 Å². The number of aromatic nitrogens is 1. The molecule has 0 saturated heterocycles. The average Bonchev–Trinajstić information content (AvgIpc) is 2.48. The molecule has 4 nitrogen and oxygen atoms in total. The van der Waals surface area contributed by atoms with E-state index in [0.29, 0.717) is 28.8 Å². The van der Waals surface area contributed by atoms with Crippen LogP contribution >= 0.6 is 34.8 Å². The van der Waals surface area contributed by atoms with Crippen LogP contribution in [-0.4, -0.2) is 24.0 Å². The minimum atomic E-state index is -0.568. The summed E-state index contributed by atoms with van der Waals surface area (Å²) < 4.78 is 13.0. The summed E-state index contributed by atoms with van der Waals surface area (Å²) in [6.45, 7) is 0.729. The number of carbonyl (C=O) groups is 1. The van der Waals surface area contributed by atoms with Gasteiger partial charge in [-0.25, -0.2) is 4.39 Å². The van der Waals surface area contributed by atoms with Gasteiger partial charge in [-0.1, -0.05) is 34.8 Å². The fourth-order valence-electron chi connectivity index (χ4n) is 1.68. The third kappa shape index (κ3) is 4.22. The van der Waals surface area contributed by atoms with Gasteiger partial charge in [0.1, 0.15) is 5.82 Å². The Morgan fingerprint density at radius 2 is 1.77 bits per heavy atom. The largest absolute Gasteiger partial charge is 0.381 e. The number of nitrogens with one attached hydrogen (secondary N) is 2. The van der Waals surface area contributed by atoms with Crippen molar-refractivity contribution >= 4 is 46.4 Å². The Kier molecular flexibility index (Phi) is 5.83. The van der Waals surface area contributed by atoms with Crippen molar-refractivity contribution in [3.8, 4) is 0 Å². The molecule has 8 heteroatoms. The fourth-order valence-corrected chi connectivity index (χ4v) is 2.36. The molecule has 116 valence electrons. The van der Waals surface area contributed by atoms with Crippen molar-refractivity contribution < 1.29 is 9.18 Å². The minimum Gasteiger partial charge on any atom is -0.381 e. The molecule has 0 bridgehead atoms. The molecule has 2 N–H and O–H groups in total. The predicted molar refractivity (Wildman–Crippen MR) is 86.5 cm³/mol. The molecule has 0 atom stereocenters. The Morgan fingerprint density at radius 1 is 1.09 bits per heavy atom. The first-order chi connectivity index (χ1) is 10.5. The molecule has 1 amide bonds. The van der Waals surface area contributed by atoms with Crippen molar-refractivity contribution in [2.75, 3.05) is 18.4 Å². The molecule has 1 aromatic carbocycles. The number of hydrogen-bond donors (Lipinski definition) is 2. The van der Waals surface area contributed by atoms with Gasteiger partial charge in [-0.3, -0.25) is 9.78 Å². The van der Waals surface area contributed by atoms with Gasteiger partial charge in [0, 0.05) is 31.0 Å². The molecule has 22 heavy (non-hydrogen) atoms. The highest BCUT2D eigenvalue weighted by atomic mass is 35.5. The van der Waals surface area contributed by atoms with Gasteiger partial charge in [0.05, 0.1) is 20.8 Å². The van der Waals surface area contributed by atoms with E-state index in [0.717, 1.165) is 6.07 Å². The number of amides is 1. The SMILES string of the molecule is O=C(NCCNc1c(Cl)cncc1Cl)c1ccc(F)c(Cl)c1. The quantitative estimate of drug-likeness (QED) is 0.790. The number of anilines is 1. The lowest BCUT2D eigenvalue weighted by atomic mass is 10.2. The van der Waals surface area contributed by atoms with E-state index in [-0.39, 0.29) is 16.5 Å². The Hall–Kier alpha value is -1.56. The lowest BCUT2D eigenvalue weighted by Gasteiger charge is -2.10. The lowest BCUT2D eigenvalue weighted by Crippen LogP contribution is -2.28. The molecular formula is C14H11Cl3FN3O. The molecule has 0 aliphatic rings. The number of carbonyl (C=O) groups excluding carboxylic acids is 1. The van der Waals surface area contributed by atoms with E-state index in [2.05, 4.69) is 15.6 Å². The van der Waals surface area contributed by atoms with Crippen LogP contribution in [-0.2, 0) is 0 Å². The summed E-state index contributed by atoms with van der Waals surface area (Å²) >= 11 is 17.5. The second kappa shape index (κ2) is 7.63. The molecule has 0 radical (unpaired) electrons. The first-order valence-corrected chi connectivity index (χ1v) is 7.38. The smallest absolute Gasteiger partial charge is 0.251 e. The molecule has 0 unspecified atom stereocenters. The van der Waals surface area contributed by atoms with Crippen molar-refractivity contribution in [3.05, 3.63) is 57.0 Å². The van der Waals surface area contributed by atoms with Gasteiger partial charge in [0.2, 0.25) is 0 Å². The van der Waals surface area contributed by atoms with Crippen LogP contribution in [0.3, 0.4) is 0 Å². The van der Waals surface area contributed by atoms with Gasteiger partial charge in [-0.05, 0) is 18.2 Å². The predicted octanol–water partition coefficient (Wildman–Crippen LogP) is 4.02. The molecule has 0 spiro atoms. The topological polar surface area (TPSA) is 54.0 Å². The fraction of sp³-hybridized carbons (Fsp3) is 0.143. The number of pyridine rings is 1. The third-order valence-electron chi connectivity index (χ3n) is 2.75. The van der Waals surface area contributed by atoms with Crippen LogP contribution in [0.5, 0.6) is 0 Å². The monoisotopic (exact) mass is 361 g/mol. The maximum atomic E-state index is 13.0. The minimum absolute atomic E-state index is 0.0962. The lowest BCUT2D eigenvalue weighted by molar-refractivity contribution is 0.0955. The molecule has 1 heterocycles. The molecule has 2 aromatic rings. The third-order valence-corrected chi connectivity index (χ3v) is 3.61. The zero-order chi connectivity index (χ0) is 16.1. The van der Waals surface area contributed by atoms with Crippen LogP contribution in [0.25, 0.3) is 0 Å². The number of hydrogen-bond acceptors (Lipinski definition) is 3. The number of halogens is 4. The Balaban J connectivity index is 1.86. The standard InChI is InChI=1S/C14H11Cl3FN3O/c15-9-5-8(1-2-12(9)18)14(22)21-4-3-20-13-10(16)6-19-7-11(13)17/h1-2,5-7H,3-4H2,(H,19,20)(H,21,22). The highest BCUT2D eigenvalue weighted by Gasteiger charge is 2.09. The Morgan fingerprint density at radius 3 is 2.41 bits per heavy atom. The molecule has 0 fully saturated rings. The molecular weight excluding hydrogens is 352 g/mol. The molecule has 0 aliphatic carbocycles. The van der Waals surface area contributed by atoms with Crippen LogP contribution in [0.4, 0.5) is 10.1 Å². The van der Waals surface area contributed by atoms with Crippen LogP contribution in [0.2, 0.25) is 15.1 Å². The van der Waals surface area contributed by atoms with E-state index in [1.807, 2.05) is 0 Å². The second-order valence-electron chi connectivity index (χ2n) is 4.29. The zero-order valence-electron chi connectivity index (χ0n) is 11.2. The second-order valence-corrected chi connectivity index (χ2v) is 5.51. The van der Waals surface area contributed by atoms with Gasteiger partial charge in [0.15, 0.2) is 0 Å². The van der Waals surface area contributed by atoms with E-state index < -0.39 is 5.82 Å². The molecule has 0 saturated carbocycles. The molecule has 2 rings (SSSR count). The average molecular weight is 363 g/mol. The van der Waals surface area contributed by atoms with E-state index in [9.17, 15) is 9.18 Å².